The summed E-state index contributed by atoms with van der Waals surface area (Å²) in [7, 11) is 1.35. The Kier molecular flexibility index (Phi) is 7.30. The molecule has 1 aromatic carbocycles. The number of rotatable bonds is 8. The molecule has 0 unspecified atom stereocenters. The Hall–Kier alpha value is -1.36. The van der Waals surface area contributed by atoms with Gasteiger partial charge in [0.05, 0.1) is 25.7 Å². The number of hydrogen-bond donors (Lipinski definition) is 0. The predicted octanol–water partition coefficient (Wildman–Crippen LogP) is 3.16. The summed E-state index contributed by atoms with van der Waals surface area (Å²) in [4.78, 5) is 23.3. The molecule has 0 heterocycles. The lowest BCUT2D eigenvalue weighted by Crippen LogP contribution is -2.08. The van der Waals surface area contributed by atoms with E-state index in [9.17, 15) is 9.59 Å². The topological polar surface area (TPSA) is 52.6 Å². The second-order valence-electron chi connectivity index (χ2n) is 4.25. The van der Waals surface area contributed by atoms with E-state index in [1.54, 1.807) is 25.1 Å². The molecule has 0 saturated carbocycles. The van der Waals surface area contributed by atoms with Crippen LogP contribution in [-0.2, 0) is 16.0 Å². The van der Waals surface area contributed by atoms with Crippen molar-refractivity contribution in [3.63, 3.8) is 0 Å². The van der Waals surface area contributed by atoms with Crippen LogP contribution in [0, 0.1) is 0 Å². The molecule has 0 fully saturated rings. The molecule has 0 bridgehead atoms. The molecule has 1 aromatic rings. The Morgan fingerprint density at radius 2 is 2.05 bits per heavy atom. The van der Waals surface area contributed by atoms with Gasteiger partial charge in [0.1, 0.15) is 5.75 Å². The van der Waals surface area contributed by atoms with E-state index in [0.717, 1.165) is 17.3 Å². The lowest BCUT2D eigenvalue weighted by molar-refractivity contribution is -0.139. The third-order valence-electron chi connectivity index (χ3n) is 2.78. The first kappa shape index (κ1) is 16.7. The summed E-state index contributed by atoms with van der Waals surface area (Å²) < 4.78 is 10.2. The van der Waals surface area contributed by atoms with E-state index >= 15 is 0 Å². The van der Waals surface area contributed by atoms with Gasteiger partial charge in [-0.3, -0.25) is 9.59 Å². The number of ether oxygens (including phenoxy) is 2. The van der Waals surface area contributed by atoms with Gasteiger partial charge in [0.2, 0.25) is 0 Å². The van der Waals surface area contributed by atoms with Gasteiger partial charge in [0, 0.05) is 11.8 Å². The van der Waals surface area contributed by atoms with Gasteiger partial charge >= 0.3 is 5.97 Å². The van der Waals surface area contributed by atoms with Crippen molar-refractivity contribution in [1.29, 1.82) is 0 Å². The number of carbonyl (C=O) groups excluding carboxylic acids is 2. The minimum Gasteiger partial charge on any atom is -0.493 e. The molecule has 5 heteroatoms. The maximum Gasteiger partial charge on any atom is 0.309 e. The highest BCUT2D eigenvalue weighted by molar-refractivity contribution is 9.09. The number of Topliss-reactive ketones (excluding diaryl/α,β-unsaturated/α-hetero) is 1. The molecular formula is C15H19BrO4. The van der Waals surface area contributed by atoms with E-state index in [-0.39, 0.29) is 18.2 Å². The number of methoxy groups -OCH3 is 1. The minimum atomic E-state index is -0.326. The number of alkyl halides is 1. The van der Waals surface area contributed by atoms with Crippen molar-refractivity contribution in [2.45, 2.75) is 26.2 Å². The van der Waals surface area contributed by atoms with Gasteiger partial charge in [0.15, 0.2) is 5.78 Å². The predicted molar refractivity (Wildman–Crippen MR) is 80.7 cm³/mol. The van der Waals surface area contributed by atoms with Crippen LogP contribution in [0.2, 0.25) is 0 Å². The van der Waals surface area contributed by atoms with E-state index < -0.39 is 0 Å². The number of halogens is 1. The van der Waals surface area contributed by atoms with Crippen LogP contribution in [0.3, 0.4) is 0 Å². The van der Waals surface area contributed by atoms with Gasteiger partial charge in [-0.05, 0) is 24.1 Å². The molecule has 0 radical (unpaired) electrons. The van der Waals surface area contributed by atoms with Crippen molar-refractivity contribution in [1.82, 2.24) is 0 Å². The Morgan fingerprint density at radius 3 is 2.65 bits per heavy atom. The zero-order valence-electron chi connectivity index (χ0n) is 11.8. The number of esters is 1. The first-order chi connectivity index (χ1) is 9.62. The maximum absolute atomic E-state index is 12.0. The molecule has 0 aliphatic heterocycles. The summed E-state index contributed by atoms with van der Waals surface area (Å²) in [6.45, 7) is 2.35. The summed E-state index contributed by atoms with van der Waals surface area (Å²) in [6, 6.07) is 5.24. The molecule has 0 spiro atoms. The molecule has 110 valence electrons. The zero-order valence-corrected chi connectivity index (χ0v) is 13.4. The molecule has 0 atom stereocenters. The molecule has 0 saturated heterocycles. The summed E-state index contributed by atoms with van der Waals surface area (Å²) in [5, 5.41) is 0.852. The van der Waals surface area contributed by atoms with Crippen molar-refractivity contribution >= 4 is 27.7 Å². The van der Waals surface area contributed by atoms with Crippen LogP contribution >= 0.6 is 15.9 Å². The van der Waals surface area contributed by atoms with Crippen molar-refractivity contribution in [3.05, 3.63) is 29.3 Å². The standard InChI is InChI=1S/C15H19BrO4/c1-3-13(17)12-9-11(10-15(18)19-2)5-6-14(12)20-8-4-7-16/h5-6,9H,3-4,7-8,10H2,1-2H3. The molecule has 1 rings (SSSR count). The molecular weight excluding hydrogens is 324 g/mol. The highest BCUT2D eigenvalue weighted by atomic mass is 79.9. The fraction of sp³-hybridized carbons (Fsp3) is 0.467. The Morgan fingerprint density at radius 1 is 1.30 bits per heavy atom. The van der Waals surface area contributed by atoms with Crippen LogP contribution in [0.1, 0.15) is 35.7 Å². The SMILES string of the molecule is CCC(=O)c1cc(CC(=O)OC)ccc1OCCCBr. The van der Waals surface area contributed by atoms with Gasteiger partial charge in [-0.1, -0.05) is 28.9 Å². The maximum atomic E-state index is 12.0. The molecule has 0 N–H and O–H groups in total. The smallest absolute Gasteiger partial charge is 0.309 e. The fourth-order valence-corrected chi connectivity index (χ4v) is 1.93. The first-order valence-electron chi connectivity index (χ1n) is 6.54. The second kappa shape index (κ2) is 8.74. The van der Waals surface area contributed by atoms with Crippen molar-refractivity contribution in [2.24, 2.45) is 0 Å². The van der Waals surface area contributed by atoms with Gasteiger partial charge in [0.25, 0.3) is 0 Å². The molecule has 4 nitrogen and oxygen atoms in total. The van der Waals surface area contributed by atoms with E-state index in [4.69, 9.17) is 4.74 Å². The number of ketones is 1. The monoisotopic (exact) mass is 342 g/mol. The van der Waals surface area contributed by atoms with E-state index in [1.807, 2.05) is 0 Å². The summed E-state index contributed by atoms with van der Waals surface area (Å²) >= 11 is 3.33. The lowest BCUT2D eigenvalue weighted by atomic mass is 10.0. The van der Waals surface area contributed by atoms with Crippen LogP contribution in [0.4, 0.5) is 0 Å². The average Bonchev–Trinajstić information content (AvgIpc) is 2.47. The van der Waals surface area contributed by atoms with Crippen LogP contribution in [0.25, 0.3) is 0 Å². The number of hydrogen-bond acceptors (Lipinski definition) is 4. The molecule has 0 aliphatic carbocycles. The third-order valence-corrected chi connectivity index (χ3v) is 3.34. The lowest BCUT2D eigenvalue weighted by Gasteiger charge is -2.11. The molecule has 0 aliphatic rings. The van der Waals surface area contributed by atoms with Crippen LogP contribution in [0.15, 0.2) is 18.2 Å². The summed E-state index contributed by atoms with van der Waals surface area (Å²) in [5.74, 6) is 0.254. The Labute approximate surface area is 127 Å². The van der Waals surface area contributed by atoms with Crippen molar-refractivity contribution in [3.8, 4) is 5.75 Å². The highest BCUT2D eigenvalue weighted by Crippen LogP contribution is 2.22. The van der Waals surface area contributed by atoms with E-state index in [1.165, 1.54) is 7.11 Å². The minimum absolute atomic E-state index is 0.00515. The molecule has 0 aromatic heterocycles. The number of carbonyl (C=O) groups is 2. The third kappa shape index (κ3) is 4.96. The largest absolute Gasteiger partial charge is 0.493 e. The van der Waals surface area contributed by atoms with E-state index in [0.29, 0.717) is 24.3 Å². The zero-order chi connectivity index (χ0) is 15.0. The normalized spacial score (nSPS) is 10.2. The Balaban J connectivity index is 2.94. The molecule has 0 amide bonds. The fourth-order valence-electron chi connectivity index (χ4n) is 1.70. The first-order valence-corrected chi connectivity index (χ1v) is 7.66. The summed E-state index contributed by atoms with van der Waals surface area (Å²) in [6.07, 6.45) is 1.42. The van der Waals surface area contributed by atoms with Crippen molar-refractivity contribution in [2.75, 3.05) is 19.0 Å². The van der Waals surface area contributed by atoms with Crippen LogP contribution < -0.4 is 4.74 Å². The van der Waals surface area contributed by atoms with Crippen molar-refractivity contribution < 1.29 is 19.1 Å². The Bertz CT molecular complexity index is 471. The van der Waals surface area contributed by atoms with Gasteiger partial charge in [-0.15, -0.1) is 0 Å². The van der Waals surface area contributed by atoms with Crippen LogP contribution in [0.5, 0.6) is 5.75 Å². The quantitative estimate of drug-likeness (QED) is 0.315. The van der Waals surface area contributed by atoms with Gasteiger partial charge in [-0.25, -0.2) is 0 Å². The van der Waals surface area contributed by atoms with Gasteiger partial charge in [-0.2, -0.15) is 0 Å². The average molecular weight is 343 g/mol. The van der Waals surface area contributed by atoms with Crippen LogP contribution in [-0.4, -0.2) is 30.8 Å². The highest BCUT2D eigenvalue weighted by Gasteiger charge is 2.13. The number of benzene rings is 1. The van der Waals surface area contributed by atoms with Gasteiger partial charge < -0.3 is 9.47 Å². The molecule has 20 heavy (non-hydrogen) atoms. The van der Waals surface area contributed by atoms with E-state index in [2.05, 4.69) is 20.7 Å². The summed E-state index contributed by atoms with van der Waals surface area (Å²) in [5.41, 5.74) is 1.28. The second-order valence-corrected chi connectivity index (χ2v) is 5.04.